The molecule has 1 aliphatic rings. The number of furan rings is 1. The van der Waals surface area contributed by atoms with E-state index in [4.69, 9.17) is 4.42 Å². The number of amides is 2. The average Bonchev–Trinajstić information content (AvgIpc) is 3.04. The first-order valence-electron chi connectivity index (χ1n) is 8.49. The van der Waals surface area contributed by atoms with Crippen LogP contribution in [0.5, 0.6) is 0 Å². The Balaban J connectivity index is 1.53. The van der Waals surface area contributed by atoms with Crippen molar-refractivity contribution in [1.82, 2.24) is 9.80 Å². The number of hydrogen-bond donors (Lipinski definition) is 0. The Kier molecular flexibility index (Phi) is 5.48. The van der Waals surface area contributed by atoms with E-state index < -0.39 is 0 Å². The molecule has 0 saturated carbocycles. The number of rotatable bonds is 4. The second-order valence-corrected chi connectivity index (χ2v) is 6.10. The summed E-state index contributed by atoms with van der Waals surface area (Å²) >= 11 is 0. The minimum atomic E-state index is -0.276. The lowest BCUT2D eigenvalue weighted by molar-refractivity contribution is -0.131. The molecule has 0 radical (unpaired) electrons. The quantitative estimate of drug-likeness (QED) is 0.857. The van der Waals surface area contributed by atoms with E-state index in [-0.39, 0.29) is 24.1 Å². The summed E-state index contributed by atoms with van der Waals surface area (Å²) in [4.78, 5) is 28.2. The molecule has 1 aromatic carbocycles. The fourth-order valence-corrected chi connectivity index (χ4v) is 3.03. The van der Waals surface area contributed by atoms with Gasteiger partial charge in [-0.05, 0) is 36.6 Å². The van der Waals surface area contributed by atoms with Gasteiger partial charge in [-0.3, -0.25) is 9.59 Å². The molecule has 1 aliphatic heterocycles. The largest absolute Gasteiger partial charge is 0.459 e. The molecule has 0 aliphatic carbocycles. The molecular formula is C19H21FN2O3. The third kappa shape index (κ3) is 4.26. The van der Waals surface area contributed by atoms with E-state index in [1.54, 1.807) is 40.1 Å². The lowest BCUT2D eigenvalue weighted by Gasteiger charge is -2.21. The molecule has 132 valence electrons. The van der Waals surface area contributed by atoms with Crippen molar-refractivity contribution in [2.75, 3.05) is 26.2 Å². The summed E-state index contributed by atoms with van der Waals surface area (Å²) in [5.74, 6) is -0.109. The van der Waals surface area contributed by atoms with Crippen LogP contribution in [0.4, 0.5) is 4.39 Å². The Morgan fingerprint density at radius 1 is 1.00 bits per heavy atom. The standard InChI is InChI=1S/C19H21FN2O3/c20-16-6-2-1-5-15(16)8-9-18(23)21-10-4-11-22(13-12-21)19(24)17-7-3-14-25-17/h1-3,5-7,14H,4,8-13H2. The Morgan fingerprint density at radius 2 is 1.76 bits per heavy atom. The SMILES string of the molecule is O=C(CCc1ccccc1F)N1CCCN(C(=O)c2ccco2)CC1. The second kappa shape index (κ2) is 7.96. The summed E-state index contributed by atoms with van der Waals surface area (Å²) in [6.45, 7) is 2.17. The Hall–Kier alpha value is -2.63. The van der Waals surface area contributed by atoms with E-state index in [2.05, 4.69) is 0 Å². The van der Waals surface area contributed by atoms with Crippen molar-refractivity contribution in [3.05, 3.63) is 59.8 Å². The van der Waals surface area contributed by atoms with Crippen LogP contribution in [0, 0.1) is 5.82 Å². The third-order valence-corrected chi connectivity index (χ3v) is 4.43. The summed E-state index contributed by atoms with van der Waals surface area (Å²) in [5.41, 5.74) is 0.556. The van der Waals surface area contributed by atoms with Gasteiger partial charge in [-0.15, -0.1) is 0 Å². The highest BCUT2D eigenvalue weighted by Crippen LogP contribution is 2.13. The van der Waals surface area contributed by atoms with Crippen molar-refractivity contribution in [3.8, 4) is 0 Å². The maximum atomic E-state index is 13.6. The number of carbonyl (C=O) groups is 2. The zero-order valence-corrected chi connectivity index (χ0v) is 14.0. The van der Waals surface area contributed by atoms with Crippen LogP contribution in [0.25, 0.3) is 0 Å². The van der Waals surface area contributed by atoms with Crippen molar-refractivity contribution in [3.63, 3.8) is 0 Å². The second-order valence-electron chi connectivity index (χ2n) is 6.10. The van der Waals surface area contributed by atoms with Crippen molar-refractivity contribution in [1.29, 1.82) is 0 Å². The van der Waals surface area contributed by atoms with Gasteiger partial charge in [0.2, 0.25) is 5.91 Å². The molecule has 0 bridgehead atoms. The normalized spacial score (nSPS) is 15.1. The fraction of sp³-hybridized carbons (Fsp3) is 0.368. The highest BCUT2D eigenvalue weighted by Gasteiger charge is 2.24. The molecule has 0 N–H and O–H groups in total. The van der Waals surface area contributed by atoms with Gasteiger partial charge in [-0.2, -0.15) is 0 Å². The van der Waals surface area contributed by atoms with Gasteiger partial charge < -0.3 is 14.2 Å². The fourth-order valence-electron chi connectivity index (χ4n) is 3.03. The van der Waals surface area contributed by atoms with Gasteiger partial charge in [0, 0.05) is 32.6 Å². The first-order chi connectivity index (χ1) is 12.1. The maximum absolute atomic E-state index is 13.6. The van der Waals surface area contributed by atoms with E-state index in [0.717, 1.165) is 6.42 Å². The summed E-state index contributed by atoms with van der Waals surface area (Å²) in [6, 6.07) is 9.85. The molecule has 2 heterocycles. The van der Waals surface area contributed by atoms with Crippen LogP contribution in [-0.2, 0) is 11.2 Å². The van der Waals surface area contributed by atoms with E-state index in [1.807, 2.05) is 0 Å². The highest BCUT2D eigenvalue weighted by atomic mass is 19.1. The van der Waals surface area contributed by atoms with Crippen LogP contribution in [0.15, 0.2) is 47.1 Å². The van der Waals surface area contributed by atoms with Gasteiger partial charge in [0.05, 0.1) is 6.26 Å². The van der Waals surface area contributed by atoms with E-state index >= 15 is 0 Å². The number of carbonyl (C=O) groups excluding carboxylic acids is 2. The van der Waals surface area contributed by atoms with Crippen molar-refractivity contribution >= 4 is 11.8 Å². The molecule has 5 nitrogen and oxygen atoms in total. The lowest BCUT2D eigenvalue weighted by atomic mass is 10.1. The first kappa shape index (κ1) is 17.2. The average molecular weight is 344 g/mol. The van der Waals surface area contributed by atoms with Crippen LogP contribution < -0.4 is 0 Å². The number of benzene rings is 1. The van der Waals surface area contributed by atoms with Crippen molar-refractivity contribution in [2.24, 2.45) is 0 Å². The zero-order valence-electron chi connectivity index (χ0n) is 14.0. The molecule has 0 unspecified atom stereocenters. The molecule has 6 heteroatoms. The smallest absolute Gasteiger partial charge is 0.289 e. The molecular weight excluding hydrogens is 323 g/mol. The molecule has 1 aromatic heterocycles. The minimum absolute atomic E-state index is 0.00412. The monoisotopic (exact) mass is 344 g/mol. The zero-order chi connectivity index (χ0) is 17.6. The first-order valence-corrected chi connectivity index (χ1v) is 8.49. The predicted molar refractivity (Wildman–Crippen MR) is 90.5 cm³/mol. The maximum Gasteiger partial charge on any atom is 0.289 e. The number of halogens is 1. The van der Waals surface area contributed by atoms with Crippen LogP contribution in [0.2, 0.25) is 0 Å². The molecule has 2 amide bonds. The number of aryl methyl sites for hydroxylation is 1. The summed E-state index contributed by atoms with van der Waals surface area (Å²) in [7, 11) is 0. The van der Waals surface area contributed by atoms with Gasteiger partial charge >= 0.3 is 0 Å². The van der Waals surface area contributed by atoms with Crippen LogP contribution >= 0.6 is 0 Å². The van der Waals surface area contributed by atoms with Gasteiger partial charge in [0.15, 0.2) is 5.76 Å². The van der Waals surface area contributed by atoms with Crippen LogP contribution in [0.3, 0.4) is 0 Å². The molecule has 3 rings (SSSR count). The van der Waals surface area contributed by atoms with Crippen LogP contribution in [0.1, 0.15) is 29.0 Å². The molecule has 1 saturated heterocycles. The topological polar surface area (TPSA) is 53.8 Å². The van der Waals surface area contributed by atoms with Gasteiger partial charge in [0.25, 0.3) is 5.91 Å². The van der Waals surface area contributed by atoms with E-state index in [1.165, 1.54) is 12.3 Å². The Labute approximate surface area is 146 Å². The Bertz CT molecular complexity index is 730. The van der Waals surface area contributed by atoms with Crippen molar-refractivity contribution < 1.29 is 18.4 Å². The van der Waals surface area contributed by atoms with Crippen LogP contribution in [-0.4, -0.2) is 47.8 Å². The molecule has 0 atom stereocenters. The highest BCUT2D eigenvalue weighted by molar-refractivity contribution is 5.91. The minimum Gasteiger partial charge on any atom is -0.459 e. The van der Waals surface area contributed by atoms with Gasteiger partial charge in [-0.25, -0.2) is 4.39 Å². The molecule has 2 aromatic rings. The van der Waals surface area contributed by atoms with Gasteiger partial charge in [0.1, 0.15) is 5.82 Å². The summed E-state index contributed by atoms with van der Waals surface area (Å²) in [6.07, 6.45) is 2.85. The Morgan fingerprint density at radius 3 is 2.52 bits per heavy atom. The predicted octanol–water partition coefficient (Wildman–Crippen LogP) is 2.73. The third-order valence-electron chi connectivity index (χ3n) is 4.43. The number of nitrogens with zero attached hydrogens (tertiary/aromatic N) is 2. The summed E-state index contributed by atoms with van der Waals surface area (Å²) < 4.78 is 18.8. The van der Waals surface area contributed by atoms with E-state index in [9.17, 15) is 14.0 Å². The summed E-state index contributed by atoms with van der Waals surface area (Å²) in [5, 5.41) is 0. The molecule has 1 fully saturated rings. The lowest BCUT2D eigenvalue weighted by Crippen LogP contribution is -2.37. The molecule has 0 spiro atoms. The van der Waals surface area contributed by atoms with Gasteiger partial charge in [-0.1, -0.05) is 18.2 Å². The van der Waals surface area contributed by atoms with E-state index in [0.29, 0.717) is 43.9 Å². The number of hydrogen-bond acceptors (Lipinski definition) is 3. The molecule has 25 heavy (non-hydrogen) atoms. The van der Waals surface area contributed by atoms with Crippen molar-refractivity contribution in [2.45, 2.75) is 19.3 Å².